The van der Waals surface area contributed by atoms with Crippen molar-refractivity contribution >= 4 is 62.8 Å². The SMILES string of the molecule is O=C1C(=Cc2ccc3cccc(Cl)c3n2)SC(=S)N1Cc1ccco1. The zero-order valence-electron chi connectivity index (χ0n) is 12.8. The van der Waals surface area contributed by atoms with E-state index >= 15 is 0 Å². The molecule has 4 rings (SSSR count). The maximum atomic E-state index is 12.6. The highest BCUT2D eigenvalue weighted by Crippen LogP contribution is 2.33. The second-order valence-electron chi connectivity index (χ2n) is 5.39. The van der Waals surface area contributed by atoms with Gasteiger partial charge in [0.15, 0.2) is 0 Å². The van der Waals surface area contributed by atoms with E-state index < -0.39 is 0 Å². The van der Waals surface area contributed by atoms with Crippen molar-refractivity contribution in [3.8, 4) is 0 Å². The van der Waals surface area contributed by atoms with Crippen molar-refractivity contribution in [2.24, 2.45) is 0 Å². The standard InChI is InChI=1S/C18H11ClN2O2S2/c19-14-5-1-3-11-6-7-12(20-16(11)14)9-15-17(22)21(18(24)25-15)10-13-4-2-8-23-13/h1-9H,10H2. The fourth-order valence-electron chi connectivity index (χ4n) is 2.54. The van der Waals surface area contributed by atoms with Gasteiger partial charge in [-0.3, -0.25) is 9.69 Å². The van der Waals surface area contributed by atoms with Crippen LogP contribution in [0.4, 0.5) is 0 Å². The lowest BCUT2D eigenvalue weighted by Gasteiger charge is -2.11. The number of hydrogen-bond acceptors (Lipinski definition) is 5. The number of thioether (sulfide) groups is 1. The van der Waals surface area contributed by atoms with E-state index in [-0.39, 0.29) is 5.91 Å². The Kier molecular flexibility index (Phi) is 4.33. The molecule has 0 atom stereocenters. The van der Waals surface area contributed by atoms with Gasteiger partial charge in [0.05, 0.1) is 33.9 Å². The number of benzene rings is 1. The van der Waals surface area contributed by atoms with Crippen LogP contribution in [0.2, 0.25) is 5.02 Å². The van der Waals surface area contributed by atoms with Gasteiger partial charge < -0.3 is 4.42 Å². The molecule has 3 heterocycles. The van der Waals surface area contributed by atoms with Crippen LogP contribution in [0.5, 0.6) is 0 Å². The Labute approximate surface area is 158 Å². The summed E-state index contributed by atoms with van der Waals surface area (Å²) in [6.07, 6.45) is 3.32. The molecule has 0 aliphatic carbocycles. The Balaban J connectivity index is 1.64. The lowest BCUT2D eigenvalue weighted by atomic mass is 10.2. The first-order valence-corrected chi connectivity index (χ1v) is 9.05. The van der Waals surface area contributed by atoms with Gasteiger partial charge in [0, 0.05) is 5.39 Å². The Hall–Kier alpha value is -2.15. The largest absolute Gasteiger partial charge is 0.467 e. The molecule has 1 aliphatic heterocycles. The summed E-state index contributed by atoms with van der Waals surface area (Å²) in [6.45, 7) is 0.325. The summed E-state index contributed by atoms with van der Waals surface area (Å²) in [5, 5.41) is 1.54. The van der Waals surface area contributed by atoms with Crippen LogP contribution in [-0.4, -0.2) is 20.1 Å². The maximum Gasteiger partial charge on any atom is 0.266 e. The van der Waals surface area contributed by atoms with Crippen molar-refractivity contribution in [1.82, 2.24) is 9.88 Å². The van der Waals surface area contributed by atoms with E-state index in [1.54, 1.807) is 24.5 Å². The normalized spacial score (nSPS) is 16.4. The fraction of sp³-hybridized carbons (Fsp3) is 0.0556. The van der Waals surface area contributed by atoms with Crippen LogP contribution in [-0.2, 0) is 11.3 Å². The molecule has 1 fully saturated rings. The third-order valence-electron chi connectivity index (χ3n) is 3.74. The van der Waals surface area contributed by atoms with E-state index in [0.717, 1.165) is 5.39 Å². The molecule has 1 saturated heterocycles. The third kappa shape index (κ3) is 3.20. The highest BCUT2D eigenvalue weighted by atomic mass is 35.5. The van der Waals surface area contributed by atoms with E-state index in [2.05, 4.69) is 4.98 Å². The van der Waals surface area contributed by atoms with Gasteiger partial charge in [0.25, 0.3) is 5.91 Å². The molecule has 124 valence electrons. The molecule has 0 radical (unpaired) electrons. The summed E-state index contributed by atoms with van der Waals surface area (Å²) in [4.78, 5) is 19.2. The predicted molar refractivity (Wildman–Crippen MR) is 104 cm³/mol. The van der Waals surface area contributed by atoms with Gasteiger partial charge in [-0.2, -0.15) is 0 Å². The number of amides is 1. The number of nitrogens with zero attached hydrogens (tertiary/aromatic N) is 2. The molecular formula is C18H11ClN2O2S2. The Morgan fingerprint density at radius 1 is 1.24 bits per heavy atom. The maximum absolute atomic E-state index is 12.6. The number of rotatable bonds is 3. The van der Waals surface area contributed by atoms with Crippen molar-refractivity contribution in [2.75, 3.05) is 0 Å². The molecular weight excluding hydrogens is 376 g/mol. The molecule has 0 N–H and O–H groups in total. The van der Waals surface area contributed by atoms with Crippen LogP contribution in [0.25, 0.3) is 17.0 Å². The Bertz CT molecular complexity index is 1020. The van der Waals surface area contributed by atoms with Gasteiger partial charge >= 0.3 is 0 Å². The summed E-state index contributed by atoms with van der Waals surface area (Å²) in [6, 6.07) is 13.0. The molecule has 1 aliphatic rings. The number of fused-ring (bicyclic) bond motifs is 1. The monoisotopic (exact) mass is 386 g/mol. The molecule has 25 heavy (non-hydrogen) atoms. The molecule has 4 nitrogen and oxygen atoms in total. The second kappa shape index (κ2) is 6.63. The first-order chi connectivity index (χ1) is 12.1. The third-order valence-corrected chi connectivity index (χ3v) is 5.42. The topological polar surface area (TPSA) is 46.3 Å². The molecule has 0 spiro atoms. The molecule has 3 aromatic rings. The highest BCUT2D eigenvalue weighted by Gasteiger charge is 2.32. The van der Waals surface area contributed by atoms with Crippen LogP contribution < -0.4 is 0 Å². The van der Waals surface area contributed by atoms with Gasteiger partial charge in [-0.25, -0.2) is 4.98 Å². The smallest absolute Gasteiger partial charge is 0.266 e. The van der Waals surface area contributed by atoms with Crippen LogP contribution in [0, 0.1) is 0 Å². The number of carbonyl (C=O) groups excluding carboxylic acids is 1. The summed E-state index contributed by atoms with van der Waals surface area (Å²) in [5.41, 5.74) is 1.38. The van der Waals surface area contributed by atoms with Crippen LogP contribution in [0.15, 0.2) is 58.1 Å². The number of pyridine rings is 1. The number of carbonyl (C=O) groups is 1. The lowest BCUT2D eigenvalue weighted by Crippen LogP contribution is -2.27. The zero-order valence-corrected chi connectivity index (χ0v) is 15.2. The van der Waals surface area contributed by atoms with Gasteiger partial charge in [0.2, 0.25) is 0 Å². The number of thiocarbonyl (C=S) groups is 1. The van der Waals surface area contributed by atoms with Crippen LogP contribution in [0.3, 0.4) is 0 Å². The molecule has 2 aromatic heterocycles. The molecule has 0 saturated carbocycles. The molecule has 7 heteroatoms. The number of aromatic nitrogens is 1. The molecule has 0 unspecified atom stereocenters. The van der Waals surface area contributed by atoms with Crippen molar-refractivity contribution in [1.29, 1.82) is 0 Å². The predicted octanol–water partition coefficient (Wildman–Crippen LogP) is 4.88. The first kappa shape index (κ1) is 16.3. The quantitative estimate of drug-likeness (QED) is 0.474. The summed E-state index contributed by atoms with van der Waals surface area (Å²) < 4.78 is 5.80. The van der Waals surface area contributed by atoms with E-state index in [1.807, 2.05) is 30.3 Å². The lowest BCUT2D eigenvalue weighted by molar-refractivity contribution is -0.122. The van der Waals surface area contributed by atoms with E-state index in [0.29, 0.717) is 37.8 Å². The number of hydrogen-bond donors (Lipinski definition) is 0. The first-order valence-electron chi connectivity index (χ1n) is 7.45. The minimum Gasteiger partial charge on any atom is -0.467 e. The summed E-state index contributed by atoms with van der Waals surface area (Å²) in [5.74, 6) is 0.542. The average molecular weight is 387 g/mol. The number of para-hydroxylation sites is 1. The van der Waals surface area contributed by atoms with Crippen molar-refractivity contribution in [3.05, 3.63) is 70.1 Å². The van der Waals surface area contributed by atoms with Crippen molar-refractivity contribution < 1.29 is 9.21 Å². The van der Waals surface area contributed by atoms with Crippen LogP contribution in [0.1, 0.15) is 11.5 Å². The second-order valence-corrected chi connectivity index (χ2v) is 7.48. The summed E-state index contributed by atoms with van der Waals surface area (Å²) in [7, 11) is 0. The van der Waals surface area contributed by atoms with Gasteiger partial charge in [-0.1, -0.05) is 53.8 Å². The van der Waals surface area contributed by atoms with Crippen molar-refractivity contribution in [3.63, 3.8) is 0 Å². The number of halogens is 1. The van der Waals surface area contributed by atoms with E-state index in [9.17, 15) is 4.79 Å². The highest BCUT2D eigenvalue weighted by molar-refractivity contribution is 8.26. The van der Waals surface area contributed by atoms with Gasteiger partial charge in [-0.05, 0) is 30.3 Å². The van der Waals surface area contributed by atoms with Gasteiger partial charge in [-0.15, -0.1) is 0 Å². The summed E-state index contributed by atoms with van der Waals surface area (Å²) >= 11 is 12.8. The minimum atomic E-state index is -0.146. The van der Waals surface area contributed by atoms with E-state index in [4.69, 9.17) is 28.2 Å². The average Bonchev–Trinajstić information content (AvgIpc) is 3.20. The number of furan rings is 1. The molecule has 0 bridgehead atoms. The van der Waals surface area contributed by atoms with Crippen molar-refractivity contribution in [2.45, 2.75) is 6.54 Å². The van der Waals surface area contributed by atoms with E-state index in [1.165, 1.54) is 16.7 Å². The fourth-order valence-corrected chi connectivity index (χ4v) is 4.00. The Morgan fingerprint density at radius 2 is 2.12 bits per heavy atom. The van der Waals surface area contributed by atoms with Gasteiger partial charge in [0.1, 0.15) is 10.1 Å². The zero-order chi connectivity index (χ0) is 17.4. The molecule has 1 amide bonds. The Morgan fingerprint density at radius 3 is 2.92 bits per heavy atom. The minimum absolute atomic E-state index is 0.146. The molecule has 1 aromatic carbocycles. The van der Waals surface area contributed by atoms with Crippen LogP contribution >= 0.6 is 35.6 Å².